The van der Waals surface area contributed by atoms with Gasteiger partial charge in [0.1, 0.15) is 6.61 Å². The average Bonchev–Trinajstić information content (AvgIpc) is 2.32. The fraction of sp³-hybridized carbons (Fsp3) is 0.364. The number of halogens is 1. The van der Waals surface area contributed by atoms with Crippen molar-refractivity contribution in [1.82, 2.24) is 0 Å². The first-order valence-corrected chi connectivity index (χ1v) is 6.19. The average molecular weight is 273 g/mol. The summed E-state index contributed by atoms with van der Waals surface area (Å²) in [5.74, 6) is 0. The second-order valence-corrected chi connectivity index (χ2v) is 4.10. The van der Waals surface area contributed by atoms with E-state index in [1.165, 1.54) is 0 Å². The molecule has 6 heteroatoms. The molecule has 0 aromatic heterocycles. The van der Waals surface area contributed by atoms with Crippen LogP contribution in [-0.4, -0.2) is 9.92 Å². The SMILES string of the molecule is CCC(C)=NOCc1c(Cl)cccc1N=S=O. The lowest BCUT2D eigenvalue weighted by Crippen LogP contribution is -1.93. The predicted octanol–water partition coefficient (Wildman–Crippen LogP) is 3.67. The number of oxime groups is 1. The van der Waals surface area contributed by atoms with Gasteiger partial charge in [-0.15, -0.1) is 0 Å². The van der Waals surface area contributed by atoms with Gasteiger partial charge in [0.25, 0.3) is 0 Å². The monoisotopic (exact) mass is 272 g/mol. The van der Waals surface area contributed by atoms with Crippen molar-refractivity contribution < 1.29 is 9.05 Å². The van der Waals surface area contributed by atoms with E-state index in [-0.39, 0.29) is 18.1 Å². The van der Waals surface area contributed by atoms with Gasteiger partial charge >= 0.3 is 0 Å². The van der Waals surface area contributed by atoms with E-state index in [0.29, 0.717) is 16.3 Å². The summed E-state index contributed by atoms with van der Waals surface area (Å²) < 4.78 is 14.2. The van der Waals surface area contributed by atoms with E-state index in [0.717, 1.165) is 12.1 Å². The van der Waals surface area contributed by atoms with Crippen LogP contribution in [0.15, 0.2) is 27.7 Å². The highest BCUT2D eigenvalue weighted by Gasteiger charge is 2.07. The van der Waals surface area contributed by atoms with Gasteiger partial charge in [0.15, 0.2) is 0 Å². The summed E-state index contributed by atoms with van der Waals surface area (Å²) in [7, 11) is 0. The van der Waals surface area contributed by atoms with E-state index in [1.54, 1.807) is 18.2 Å². The predicted molar refractivity (Wildman–Crippen MR) is 69.9 cm³/mol. The molecule has 1 rings (SSSR count). The van der Waals surface area contributed by atoms with Gasteiger partial charge in [-0.2, -0.15) is 8.57 Å². The van der Waals surface area contributed by atoms with Crippen molar-refractivity contribution in [1.29, 1.82) is 0 Å². The van der Waals surface area contributed by atoms with Gasteiger partial charge in [-0.05, 0) is 25.5 Å². The Hall–Kier alpha value is -1.20. The first kappa shape index (κ1) is 13.9. The zero-order valence-corrected chi connectivity index (χ0v) is 11.2. The molecule has 0 unspecified atom stereocenters. The molecule has 0 heterocycles. The Labute approximate surface area is 109 Å². The smallest absolute Gasteiger partial charge is 0.205 e. The molecule has 0 aliphatic carbocycles. The van der Waals surface area contributed by atoms with Gasteiger partial charge in [0.2, 0.25) is 11.5 Å². The normalized spacial score (nSPS) is 11.1. The van der Waals surface area contributed by atoms with E-state index in [2.05, 4.69) is 9.52 Å². The Morgan fingerprint density at radius 1 is 1.53 bits per heavy atom. The lowest BCUT2D eigenvalue weighted by Gasteiger charge is -2.06. The minimum atomic E-state index is 0.147. The molecule has 0 atom stereocenters. The maximum Gasteiger partial charge on any atom is 0.205 e. The van der Waals surface area contributed by atoms with Crippen molar-refractivity contribution in [3.8, 4) is 0 Å². The van der Waals surface area contributed by atoms with Crippen LogP contribution in [0.5, 0.6) is 0 Å². The molecule has 1 aromatic carbocycles. The second-order valence-electron chi connectivity index (χ2n) is 3.36. The summed E-state index contributed by atoms with van der Waals surface area (Å²) in [6.45, 7) is 4.08. The van der Waals surface area contributed by atoms with E-state index >= 15 is 0 Å². The summed E-state index contributed by atoms with van der Waals surface area (Å²) in [4.78, 5) is 5.17. The van der Waals surface area contributed by atoms with Gasteiger partial charge in [0.05, 0.1) is 11.4 Å². The molecule has 0 amide bonds. The van der Waals surface area contributed by atoms with Crippen LogP contribution in [0, 0.1) is 0 Å². The second kappa shape index (κ2) is 7.19. The van der Waals surface area contributed by atoms with Crippen LogP contribution in [-0.2, 0) is 22.9 Å². The molecular formula is C11H13ClN2O2S. The van der Waals surface area contributed by atoms with Crippen molar-refractivity contribution in [2.75, 3.05) is 0 Å². The van der Waals surface area contributed by atoms with Crippen LogP contribution in [0.4, 0.5) is 5.69 Å². The fourth-order valence-electron chi connectivity index (χ4n) is 1.09. The Morgan fingerprint density at radius 2 is 2.29 bits per heavy atom. The number of hydrogen-bond donors (Lipinski definition) is 0. The molecule has 0 aliphatic heterocycles. The highest BCUT2D eigenvalue weighted by Crippen LogP contribution is 2.27. The maximum absolute atomic E-state index is 10.4. The molecule has 0 bridgehead atoms. The van der Waals surface area contributed by atoms with Gasteiger partial charge in [-0.1, -0.05) is 29.7 Å². The van der Waals surface area contributed by atoms with Crippen molar-refractivity contribution in [2.45, 2.75) is 26.9 Å². The largest absolute Gasteiger partial charge is 0.391 e. The molecule has 0 spiro atoms. The van der Waals surface area contributed by atoms with Crippen LogP contribution in [0.2, 0.25) is 5.02 Å². The zero-order valence-electron chi connectivity index (χ0n) is 9.64. The van der Waals surface area contributed by atoms with Crippen molar-refractivity contribution in [2.24, 2.45) is 9.52 Å². The molecule has 0 aliphatic rings. The third kappa shape index (κ3) is 4.28. The minimum absolute atomic E-state index is 0.147. The van der Waals surface area contributed by atoms with Crippen LogP contribution < -0.4 is 0 Å². The summed E-state index contributed by atoms with van der Waals surface area (Å²) in [6.07, 6.45) is 0.830. The molecule has 0 saturated carbocycles. The number of hydrogen-bond acceptors (Lipinski definition) is 4. The lowest BCUT2D eigenvalue weighted by atomic mass is 10.2. The van der Waals surface area contributed by atoms with Crippen LogP contribution >= 0.6 is 11.6 Å². The van der Waals surface area contributed by atoms with Crippen molar-refractivity contribution in [3.63, 3.8) is 0 Å². The van der Waals surface area contributed by atoms with Gasteiger partial charge in [-0.25, -0.2) is 0 Å². The van der Waals surface area contributed by atoms with Gasteiger partial charge < -0.3 is 4.84 Å². The number of nitrogens with zero attached hydrogens (tertiary/aromatic N) is 2. The van der Waals surface area contributed by atoms with Gasteiger partial charge in [0, 0.05) is 10.6 Å². The molecule has 0 radical (unpaired) electrons. The highest BCUT2D eigenvalue weighted by molar-refractivity contribution is 7.54. The number of benzene rings is 1. The summed E-state index contributed by atoms with van der Waals surface area (Å²) in [5, 5.41) is 4.43. The first-order valence-electron chi connectivity index (χ1n) is 5.11. The van der Waals surface area contributed by atoms with Crippen LogP contribution in [0.25, 0.3) is 0 Å². The Balaban J connectivity index is 2.86. The van der Waals surface area contributed by atoms with Gasteiger partial charge in [-0.3, -0.25) is 0 Å². The summed E-state index contributed by atoms with van der Waals surface area (Å²) in [5.41, 5.74) is 2.10. The highest BCUT2D eigenvalue weighted by atomic mass is 35.5. The molecule has 17 heavy (non-hydrogen) atoms. The van der Waals surface area contributed by atoms with E-state index < -0.39 is 0 Å². The Morgan fingerprint density at radius 3 is 2.94 bits per heavy atom. The fourth-order valence-corrected chi connectivity index (χ4v) is 1.56. The quantitative estimate of drug-likeness (QED) is 0.606. The van der Waals surface area contributed by atoms with Crippen LogP contribution in [0.3, 0.4) is 0 Å². The van der Waals surface area contributed by atoms with E-state index in [1.807, 2.05) is 13.8 Å². The molecule has 92 valence electrons. The maximum atomic E-state index is 10.4. The molecule has 1 aromatic rings. The Kier molecular flexibility index (Phi) is 5.86. The first-order chi connectivity index (χ1) is 8.19. The molecule has 0 fully saturated rings. The number of rotatable bonds is 5. The van der Waals surface area contributed by atoms with Crippen LogP contribution in [0.1, 0.15) is 25.8 Å². The lowest BCUT2D eigenvalue weighted by molar-refractivity contribution is 0.130. The third-order valence-electron chi connectivity index (χ3n) is 2.17. The molecule has 0 N–H and O–H groups in total. The third-order valence-corrected chi connectivity index (χ3v) is 2.80. The summed E-state index contributed by atoms with van der Waals surface area (Å²) >= 11 is 6.16. The molecule has 4 nitrogen and oxygen atoms in total. The Bertz CT molecular complexity index is 471. The molecule has 0 saturated heterocycles. The standard InChI is InChI=1S/C11H13ClN2O2S/c1-3-8(2)13-16-7-9-10(12)5-4-6-11(9)14-17-15/h4-6H,3,7H2,1-2H3. The minimum Gasteiger partial charge on any atom is -0.391 e. The summed E-state index contributed by atoms with van der Waals surface area (Å²) in [6, 6.07) is 5.18. The van der Waals surface area contributed by atoms with E-state index in [9.17, 15) is 4.21 Å². The molecular weight excluding hydrogens is 260 g/mol. The van der Waals surface area contributed by atoms with Crippen molar-refractivity contribution >= 4 is 34.5 Å². The van der Waals surface area contributed by atoms with Crippen molar-refractivity contribution in [3.05, 3.63) is 28.8 Å². The zero-order chi connectivity index (χ0) is 12.7. The van der Waals surface area contributed by atoms with E-state index in [4.69, 9.17) is 16.4 Å². The topological polar surface area (TPSA) is 51.0 Å².